The number of nitrogens with one attached hydrogen (secondary N) is 1. The van der Waals surface area contributed by atoms with Gasteiger partial charge in [0.15, 0.2) is 0 Å². The number of likely N-dealkylation sites (tertiary alicyclic amines) is 1. The van der Waals surface area contributed by atoms with Gasteiger partial charge in [-0.25, -0.2) is 9.97 Å². The van der Waals surface area contributed by atoms with Crippen molar-refractivity contribution in [1.29, 1.82) is 0 Å². The number of carbonyl (C=O) groups is 2. The van der Waals surface area contributed by atoms with E-state index in [4.69, 9.17) is 11.6 Å². The maximum atomic E-state index is 12.9. The van der Waals surface area contributed by atoms with Gasteiger partial charge >= 0.3 is 0 Å². The second-order valence-electron chi connectivity index (χ2n) is 7.24. The number of hydrogen-bond acceptors (Lipinski definition) is 5. The minimum Gasteiger partial charge on any atom is -0.338 e. The molecule has 0 spiro atoms. The monoisotopic (exact) mass is 452 g/mol. The summed E-state index contributed by atoms with van der Waals surface area (Å²) in [5.41, 5.74) is 1.26. The number of aromatic nitrogens is 2. The van der Waals surface area contributed by atoms with Crippen LogP contribution in [-0.4, -0.2) is 39.8 Å². The molecule has 6 nitrogen and oxygen atoms in total. The van der Waals surface area contributed by atoms with Crippen LogP contribution in [0.2, 0.25) is 5.02 Å². The first-order valence-corrected chi connectivity index (χ1v) is 11.2. The van der Waals surface area contributed by atoms with Gasteiger partial charge in [-0.05, 0) is 61.4 Å². The van der Waals surface area contributed by atoms with Crippen molar-refractivity contribution in [3.8, 4) is 0 Å². The van der Waals surface area contributed by atoms with E-state index < -0.39 is 0 Å². The van der Waals surface area contributed by atoms with E-state index in [0.717, 1.165) is 22.9 Å². The normalized spacial score (nSPS) is 16.0. The molecule has 2 amide bonds. The average Bonchev–Trinajstić information content (AvgIpc) is 2.80. The summed E-state index contributed by atoms with van der Waals surface area (Å²) in [4.78, 5) is 36.0. The van der Waals surface area contributed by atoms with Crippen molar-refractivity contribution in [2.75, 3.05) is 18.4 Å². The van der Waals surface area contributed by atoms with E-state index in [1.165, 1.54) is 11.8 Å². The molecule has 1 aromatic carbocycles. The molecule has 0 radical (unpaired) electrons. The van der Waals surface area contributed by atoms with Gasteiger partial charge in [0.25, 0.3) is 5.91 Å². The highest BCUT2D eigenvalue weighted by Crippen LogP contribution is 2.26. The number of amides is 2. The average molecular weight is 453 g/mol. The Kier molecular flexibility index (Phi) is 6.84. The van der Waals surface area contributed by atoms with Crippen LogP contribution in [0.5, 0.6) is 0 Å². The summed E-state index contributed by atoms with van der Waals surface area (Å²) in [6, 6.07) is 16.1. The van der Waals surface area contributed by atoms with Crippen molar-refractivity contribution >= 4 is 40.9 Å². The van der Waals surface area contributed by atoms with Gasteiger partial charge in [-0.2, -0.15) is 0 Å². The highest BCUT2D eigenvalue weighted by molar-refractivity contribution is 7.99. The fourth-order valence-corrected chi connectivity index (χ4v) is 4.35. The zero-order valence-corrected chi connectivity index (χ0v) is 18.3. The maximum absolute atomic E-state index is 12.9. The lowest BCUT2D eigenvalue weighted by Crippen LogP contribution is -2.43. The van der Waals surface area contributed by atoms with Gasteiger partial charge in [0, 0.05) is 41.8 Å². The standard InChI is InChI=1S/C23H21ClN4O2S/c24-18-8-6-16(7-9-18)23(30)28-13-3-4-17(15-28)22(29)27-19-10-12-26-21(14-19)31-20-5-1-2-11-25-20/h1-2,5-12,14,17H,3-4,13,15H2,(H,26,27,29). The van der Waals surface area contributed by atoms with E-state index in [-0.39, 0.29) is 17.7 Å². The number of pyridine rings is 2. The Morgan fingerprint density at radius 2 is 1.84 bits per heavy atom. The number of hydrogen-bond donors (Lipinski definition) is 1. The lowest BCUT2D eigenvalue weighted by Gasteiger charge is -2.32. The second-order valence-corrected chi connectivity index (χ2v) is 8.72. The van der Waals surface area contributed by atoms with Crippen LogP contribution < -0.4 is 5.32 Å². The molecule has 1 unspecified atom stereocenters. The molecule has 8 heteroatoms. The highest BCUT2D eigenvalue weighted by Gasteiger charge is 2.29. The Hall–Kier alpha value is -2.90. The van der Waals surface area contributed by atoms with Crippen molar-refractivity contribution in [2.24, 2.45) is 5.92 Å². The molecule has 3 heterocycles. The van der Waals surface area contributed by atoms with Crippen LogP contribution in [0.25, 0.3) is 0 Å². The molecule has 1 aliphatic heterocycles. The summed E-state index contributed by atoms with van der Waals surface area (Å²) in [6.07, 6.45) is 4.93. The Balaban J connectivity index is 1.38. The van der Waals surface area contributed by atoms with Crippen molar-refractivity contribution in [2.45, 2.75) is 22.9 Å². The quantitative estimate of drug-likeness (QED) is 0.603. The predicted molar refractivity (Wildman–Crippen MR) is 121 cm³/mol. The third-order valence-electron chi connectivity index (χ3n) is 5.02. The van der Waals surface area contributed by atoms with Crippen LogP contribution in [0.3, 0.4) is 0 Å². The molecule has 2 aromatic heterocycles. The van der Waals surface area contributed by atoms with Crippen LogP contribution >= 0.6 is 23.4 Å². The van der Waals surface area contributed by atoms with Crippen molar-refractivity contribution < 1.29 is 9.59 Å². The topological polar surface area (TPSA) is 75.2 Å². The number of anilines is 1. The summed E-state index contributed by atoms with van der Waals surface area (Å²) in [7, 11) is 0. The fraction of sp³-hybridized carbons (Fsp3) is 0.217. The molecule has 1 aliphatic rings. The number of piperidine rings is 1. The summed E-state index contributed by atoms with van der Waals surface area (Å²) in [6.45, 7) is 1.04. The first-order chi connectivity index (χ1) is 15.1. The Bertz CT molecular complexity index is 1060. The maximum Gasteiger partial charge on any atom is 0.253 e. The molecule has 4 rings (SSSR count). The molecule has 1 atom stereocenters. The zero-order chi connectivity index (χ0) is 21.6. The lowest BCUT2D eigenvalue weighted by atomic mass is 9.96. The Morgan fingerprint density at radius 1 is 1.03 bits per heavy atom. The molecule has 158 valence electrons. The number of carbonyl (C=O) groups excluding carboxylic acids is 2. The van der Waals surface area contributed by atoms with Gasteiger partial charge in [0.05, 0.1) is 5.92 Å². The molecule has 0 saturated carbocycles. The number of benzene rings is 1. The molecule has 31 heavy (non-hydrogen) atoms. The van der Waals surface area contributed by atoms with Gasteiger partial charge in [-0.3, -0.25) is 9.59 Å². The molecule has 1 N–H and O–H groups in total. The van der Waals surface area contributed by atoms with Crippen LogP contribution in [0.1, 0.15) is 23.2 Å². The number of rotatable bonds is 5. The van der Waals surface area contributed by atoms with Crippen molar-refractivity contribution in [1.82, 2.24) is 14.9 Å². The van der Waals surface area contributed by atoms with Crippen LogP contribution in [0, 0.1) is 5.92 Å². The molecule has 0 aliphatic carbocycles. The number of halogens is 1. The molecule has 3 aromatic rings. The lowest BCUT2D eigenvalue weighted by molar-refractivity contribution is -0.121. The summed E-state index contributed by atoms with van der Waals surface area (Å²) in [5, 5.41) is 5.15. The Morgan fingerprint density at radius 3 is 2.61 bits per heavy atom. The van der Waals surface area contributed by atoms with Gasteiger partial charge in [-0.15, -0.1) is 0 Å². The van der Waals surface area contributed by atoms with E-state index in [0.29, 0.717) is 29.4 Å². The molecular weight excluding hydrogens is 432 g/mol. The minimum absolute atomic E-state index is 0.0767. The number of nitrogens with zero attached hydrogens (tertiary/aromatic N) is 3. The molecular formula is C23H21ClN4O2S. The molecule has 0 bridgehead atoms. The third-order valence-corrected chi connectivity index (χ3v) is 6.15. The van der Waals surface area contributed by atoms with E-state index in [1.54, 1.807) is 47.6 Å². The highest BCUT2D eigenvalue weighted by atomic mass is 35.5. The predicted octanol–water partition coefficient (Wildman–Crippen LogP) is 4.77. The first-order valence-electron chi connectivity index (χ1n) is 9.99. The van der Waals surface area contributed by atoms with Crippen LogP contribution in [0.15, 0.2) is 77.0 Å². The van der Waals surface area contributed by atoms with Crippen LogP contribution in [-0.2, 0) is 4.79 Å². The van der Waals surface area contributed by atoms with Gasteiger partial charge in [0.1, 0.15) is 10.1 Å². The van der Waals surface area contributed by atoms with Crippen molar-refractivity contribution in [3.63, 3.8) is 0 Å². The fourth-order valence-electron chi connectivity index (χ4n) is 3.45. The Labute approximate surface area is 190 Å². The second kappa shape index (κ2) is 9.94. The molecule has 1 fully saturated rings. The van der Waals surface area contributed by atoms with Crippen molar-refractivity contribution in [3.05, 3.63) is 77.6 Å². The largest absolute Gasteiger partial charge is 0.338 e. The van der Waals surface area contributed by atoms with E-state index in [2.05, 4.69) is 15.3 Å². The first kappa shape index (κ1) is 21.3. The SMILES string of the molecule is O=C(Nc1ccnc(Sc2ccccn2)c1)C1CCCN(C(=O)c2ccc(Cl)cc2)C1. The smallest absolute Gasteiger partial charge is 0.253 e. The van der Waals surface area contributed by atoms with Crippen LogP contribution in [0.4, 0.5) is 5.69 Å². The van der Waals surface area contributed by atoms with Gasteiger partial charge < -0.3 is 10.2 Å². The van der Waals surface area contributed by atoms with E-state index >= 15 is 0 Å². The summed E-state index contributed by atoms with van der Waals surface area (Å²) in [5.74, 6) is -0.425. The molecule has 1 saturated heterocycles. The van der Waals surface area contributed by atoms with Gasteiger partial charge in [0.2, 0.25) is 5.91 Å². The van der Waals surface area contributed by atoms with Gasteiger partial charge in [-0.1, -0.05) is 29.4 Å². The minimum atomic E-state index is -0.259. The van der Waals surface area contributed by atoms with E-state index in [9.17, 15) is 9.59 Å². The summed E-state index contributed by atoms with van der Waals surface area (Å²) >= 11 is 7.34. The van der Waals surface area contributed by atoms with E-state index in [1.807, 2.05) is 24.3 Å². The summed E-state index contributed by atoms with van der Waals surface area (Å²) < 4.78 is 0. The zero-order valence-electron chi connectivity index (χ0n) is 16.7. The third kappa shape index (κ3) is 5.62.